The van der Waals surface area contributed by atoms with Crippen LogP contribution in [-0.2, 0) is 0 Å². The molecule has 0 spiro atoms. The van der Waals surface area contributed by atoms with Crippen LogP contribution in [0.1, 0.15) is 28.9 Å². The van der Waals surface area contributed by atoms with Crippen molar-refractivity contribution in [3.05, 3.63) is 65.2 Å². The van der Waals surface area contributed by atoms with Crippen molar-refractivity contribution >= 4 is 5.78 Å². The number of aliphatic hydroxyl groups is 1. The molecule has 0 aliphatic heterocycles. The van der Waals surface area contributed by atoms with Crippen LogP contribution in [0.25, 0.3) is 0 Å². The zero-order valence-corrected chi connectivity index (χ0v) is 11.3. The van der Waals surface area contributed by atoms with Gasteiger partial charge < -0.3 is 9.84 Å². The normalized spacial score (nSPS) is 12.0. The van der Waals surface area contributed by atoms with Crippen LogP contribution < -0.4 is 4.74 Å². The van der Waals surface area contributed by atoms with Gasteiger partial charge in [0.15, 0.2) is 17.4 Å². The smallest absolute Gasteiger partial charge is 0.159 e. The molecule has 3 nitrogen and oxygen atoms in total. The van der Waals surface area contributed by atoms with E-state index < -0.39 is 17.7 Å². The quantitative estimate of drug-likeness (QED) is 0.860. The lowest BCUT2D eigenvalue weighted by Gasteiger charge is -2.13. The van der Waals surface area contributed by atoms with Gasteiger partial charge in [-0.3, -0.25) is 4.79 Å². The lowest BCUT2D eigenvalue weighted by atomic mass is 10.1. The summed E-state index contributed by atoms with van der Waals surface area (Å²) in [7, 11) is 0. The van der Waals surface area contributed by atoms with Gasteiger partial charge in [0.1, 0.15) is 18.5 Å². The van der Waals surface area contributed by atoms with Gasteiger partial charge in [0.2, 0.25) is 0 Å². The molecule has 2 rings (SSSR count). The summed E-state index contributed by atoms with van der Waals surface area (Å²) in [4.78, 5) is 11.2. The second kappa shape index (κ2) is 6.45. The molecule has 1 atom stereocenters. The maximum Gasteiger partial charge on any atom is 0.159 e. The molecule has 110 valence electrons. The first-order chi connectivity index (χ1) is 9.97. The van der Waals surface area contributed by atoms with Crippen LogP contribution in [0, 0.1) is 11.6 Å². The van der Waals surface area contributed by atoms with Gasteiger partial charge >= 0.3 is 0 Å². The van der Waals surface area contributed by atoms with Gasteiger partial charge in [-0.2, -0.15) is 0 Å². The van der Waals surface area contributed by atoms with Crippen LogP contribution >= 0.6 is 0 Å². The zero-order valence-electron chi connectivity index (χ0n) is 11.3. The number of aliphatic hydroxyl groups excluding tert-OH is 1. The Bertz CT molecular complexity index is 656. The summed E-state index contributed by atoms with van der Waals surface area (Å²) in [5.41, 5.74) is 0.714. The van der Waals surface area contributed by atoms with Crippen molar-refractivity contribution in [3.63, 3.8) is 0 Å². The van der Waals surface area contributed by atoms with E-state index in [2.05, 4.69) is 0 Å². The second-order valence-corrected chi connectivity index (χ2v) is 4.58. The summed E-state index contributed by atoms with van der Waals surface area (Å²) < 4.78 is 31.3. The number of Topliss-reactive ketones (excluding diaryl/α,β-unsaturated/α-hetero) is 1. The van der Waals surface area contributed by atoms with Crippen molar-refractivity contribution < 1.29 is 23.4 Å². The number of ether oxygens (including phenoxy) is 1. The van der Waals surface area contributed by atoms with Crippen molar-refractivity contribution in [2.75, 3.05) is 6.61 Å². The maximum atomic E-state index is 13.1. The van der Waals surface area contributed by atoms with Gasteiger partial charge in [-0.15, -0.1) is 0 Å². The molecule has 0 saturated carbocycles. The van der Waals surface area contributed by atoms with Crippen molar-refractivity contribution in [1.29, 1.82) is 0 Å². The van der Waals surface area contributed by atoms with Crippen molar-refractivity contribution in [2.45, 2.75) is 13.0 Å². The summed E-state index contributed by atoms with van der Waals surface area (Å²) in [6, 6.07) is 9.68. The molecule has 21 heavy (non-hydrogen) atoms. The lowest BCUT2D eigenvalue weighted by Crippen LogP contribution is -2.10. The lowest BCUT2D eigenvalue weighted by molar-refractivity contribution is 0.101. The number of benzene rings is 2. The highest BCUT2D eigenvalue weighted by molar-refractivity contribution is 5.94. The van der Waals surface area contributed by atoms with E-state index >= 15 is 0 Å². The molecule has 0 amide bonds. The van der Waals surface area contributed by atoms with Crippen molar-refractivity contribution in [3.8, 4) is 5.75 Å². The van der Waals surface area contributed by atoms with Gasteiger partial charge in [0.05, 0.1) is 0 Å². The Kier molecular flexibility index (Phi) is 4.65. The van der Waals surface area contributed by atoms with Crippen LogP contribution in [0.15, 0.2) is 42.5 Å². The number of ketones is 1. The minimum Gasteiger partial charge on any atom is -0.491 e. The monoisotopic (exact) mass is 292 g/mol. The van der Waals surface area contributed by atoms with Gasteiger partial charge in [-0.05, 0) is 36.8 Å². The molecule has 0 aliphatic carbocycles. The Morgan fingerprint density at radius 2 is 1.95 bits per heavy atom. The van der Waals surface area contributed by atoms with E-state index in [9.17, 15) is 18.7 Å². The third kappa shape index (κ3) is 3.86. The molecule has 1 N–H and O–H groups in total. The fourth-order valence-electron chi connectivity index (χ4n) is 1.80. The first-order valence-electron chi connectivity index (χ1n) is 6.34. The van der Waals surface area contributed by atoms with Crippen molar-refractivity contribution in [1.82, 2.24) is 0 Å². The standard InChI is InChI=1S/C16H14F2O3/c1-10(19)11-3-2-4-13(7-11)21-9-16(20)12-5-6-14(17)15(18)8-12/h2-8,16,20H,9H2,1H3. The summed E-state index contributed by atoms with van der Waals surface area (Å²) in [5, 5.41) is 9.89. The Morgan fingerprint density at radius 3 is 2.62 bits per heavy atom. The minimum absolute atomic E-state index is 0.0957. The summed E-state index contributed by atoms with van der Waals surface area (Å²) in [6.07, 6.45) is -1.10. The van der Waals surface area contributed by atoms with Gasteiger partial charge in [-0.1, -0.05) is 18.2 Å². The van der Waals surface area contributed by atoms with Gasteiger partial charge in [0.25, 0.3) is 0 Å². The van der Waals surface area contributed by atoms with Crippen LogP contribution in [0.3, 0.4) is 0 Å². The predicted octanol–water partition coefficient (Wildman–Crippen LogP) is 3.28. The minimum atomic E-state index is -1.10. The van der Waals surface area contributed by atoms with Crippen LogP contribution in [-0.4, -0.2) is 17.5 Å². The summed E-state index contributed by atoms with van der Waals surface area (Å²) in [6.45, 7) is 1.31. The third-order valence-electron chi connectivity index (χ3n) is 2.98. The van der Waals surface area contributed by atoms with Crippen LogP contribution in [0.5, 0.6) is 5.75 Å². The Labute approximate surface area is 120 Å². The first-order valence-corrected chi connectivity index (χ1v) is 6.34. The first kappa shape index (κ1) is 15.1. The zero-order chi connectivity index (χ0) is 15.4. The molecule has 1 unspecified atom stereocenters. The predicted molar refractivity (Wildman–Crippen MR) is 73.3 cm³/mol. The van der Waals surface area contributed by atoms with E-state index in [1.807, 2.05) is 0 Å². The molecule has 0 bridgehead atoms. The SMILES string of the molecule is CC(=O)c1cccc(OCC(O)c2ccc(F)c(F)c2)c1. The molecular formula is C16H14F2O3. The highest BCUT2D eigenvalue weighted by atomic mass is 19.2. The molecule has 0 aromatic heterocycles. The number of halogens is 2. The van der Waals surface area contributed by atoms with E-state index in [-0.39, 0.29) is 18.0 Å². The van der Waals surface area contributed by atoms with E-state index in [1.165, 1.54) is 13.0 Å². The largest absolute Gasteiger partial charge is 0.491 e. The summed E-state index contributed by atoms with van der Waals surface area (Å²) in [5.74, 6) is -1.67. The molecule has 2 aromatic carbocycles. The number of hydrogen-bond donors (Lipinski definition) is 1. The number of carbonyl (C=O) groups excluding carboxylic acids is 1. The highest BCUT2D eigenvalue weighted by Crippen LogP contribution is 2.19. The topological polar surface area (TPSA) is 46.5 Å². The fraction of sp³-hybridized carbons (Fsp3) is 0.188. The Morgan fingerprint density at radius 1 is 1.19 bits per heavy atom. The van der Waals surface area contributed by atoms with E-state index in [0.29, 0.717) is 11.3 Å². The maximum absolute atomic E-state index is 13.1. The fourth-order valence-corrected chi connectivity index (χ4v) is 1.80. The third-order valence-corrected chi connectivity index (χ3v) is 2.98. The Hall–Kier alpha value is -2.27. The average molecular weight is 292 g/mol. The van der Waals surface area contributed by atoms with Crippen molar-refractivity contribution in [2.24, 2.45) is 0 Å². The molecule has 5 heteroatoms. The number of hydrogen-bond acceptors (Lipinski definition) is 3. The average Bonchev–Trinajstić information content (AvgIpc) is 2.48. The van der Waals surface area contributed by atoms with E-state index in [1.54, 1.807) is 24.3 Å². The van der Waals surface area contributed by atoms with E-state index in [4.69, 9.17) is 4.74 Å². The summed E-state index contributed by atoms with van der Waals surface area (Å²) >= 11 is 0. The van der Waals surface area contributed by atoms with Gasteiger partial charge in [-0.25, -0.2) is 8.78 Å². The molecule has 0 radical (unpaired) electrons. The molecule has 0 aliphatic rings. The number of carbonyl (C=O) groups is 1. The second-order valence-electron chi connectivity index (χ2n) is 4.58. The van der Waals surface area contributed by atoms with Crippen LogP contribution in [0.4, 0.5) is 8.78 Å². The number of rotatable bonds is 5. The Balaban J connectivity index is 2.03. The highest BCUT2D eigenvalue weighted by Gasteiger charge is 2.12. The molecule has 0 saturated heterocycles. The molecule has 0 fully saturated rings. The molecule has 2 aromatic rings. The molecule has 0 heterocycles. The van der Waals surface area contributed by atoms with Crippen LogP contribution in [0.2, 0.25) is 0 Å². The molecular weight excluding hydrogens is 278 g/mol. The van der Waals surface area contributed by atoms with E-state index in [0.717, 1.165) is 12.1 Å². The van der Waals surface area contributed by atoms with Gasteiger partial charge in [0, 0.05) is 5.56 Å².